The van der Waals surface area contributed by atoms with Crippen molar-refractivity contribution < 1.29 is 9.53 Å². The molecule has 0 spiro atoms. The van der Waals surface area contributed by atoms with Crippen molar-refractivity contribution in [3.05, 3.63) is 90.5 Å². The fourth-order valence-corrected chi connectivity index (χ4v) is 3.59. The van der Waals surface area contributed by atoms with Gasteiger partial charge in [0, 0.05) is 10.6 Å². The molecule has 0 aliphatic carbocycles. The lowest BCUT2D eigenvalue weighted by atomic mass is 10.1. The minimum Gasteiger partial charge on any atom is -0.494 e. The van der Waals surface area contributed by atoms with Crippen molar-refractivity contribution in [3.63, 3.8) is 0 Å². The van der Waals surface area contributed by atoms with Crippen LogP contribution >= 0.6 is 11.8 Å². The Balaban J connectivity index is 1.78. The quantitative estimate of drug-likeness (QED) is 0.559. The van der Waals surface area contributed by atoms with Crippen LogP contribution in [0.1, 0.15) is 17.7 Å². The Morgan fingerprint density at radius 2 is 1.54 bits per heavy atom. The zero-order valence-electron chi connectivity index (χ0n) is 14.6. The third kappa shape index (κ3) is 4.90. The van der Waals surface area contributed by atoms with Gasteiger partial charge in [-0.2, -0.15) is 0 Å². The highest BCUT2D eigenvalue weighted by Gasteiger charge is 2.22. The molecular weight excluding hydrogens is 342 g/mol. The number of amides is 1. The van der Waals surface area contributed by atoms with E-state index in [-0.39, 0.29) is 11.2 Å². The van der Waals surface area contributed by atoms with E-state index in [9.17, 15) is 4.79 Å². The molecule has 4 heteroatoms. The molecule has 0 saturated heterocycles. The lowest BCUT2D eigenvalue weighted by Gasteiger charge is -2.17. The van der Waals surface area contributed by atoms with Crippen LogP contribution in [0.2, 0.25) is 0 Å². The number of nitrogens with one attached hydrogen (secondary N) is 1. The predicted molar refractivity (Wildman–Crippen MR) is 108 cm³/mol. The van der Waals surface area contributed by atoms with E-state index in [4.69, 9.17) is 4.74 Å². The van der Waals surface area contributed by atoms with Gasteiger partial charge in [-0.1, -0.05) is 48.5 Å². The van der Waals surface area contributed by atoms with E-state index in [1.54, 1.807) is 11.8 Å². The van der Waals surface area contributed by atoms with Gasteiger partial charge >= 0.3 is 0 Å². The molecule has 3 aromatic carbocycles. The Kier molecular flexibility index (Phi) is 6.34. The first-order chi connectivity index (χ1) is 12.8. The number of carbonyl (C=O) groups is 1. The molecule has 0 unspecified atom stereocenters. The van der Waals surface area contributed by atoms with Crippen LogP contribution < -0.4 is 10.1 Å². The second-order valence-electron chi connectivity index (χ2n) is 5.67. The minimum atomic E-state index is -0.329. The van der Waals surface area contributed by atoms with Gasteiger partial charge in [0.2, 0.25) is 5.91 Å². The highest BCUT2D eigenvalue weighted by atomic mass is 32.2. The Hall–Kier alpha value is -2.72. The number of hydrogen-bond acceptors (Lipinski definition) is 3. The highest BCUT2D eigenvalue weighted by molar-refractivity contribution is 8.00. The Morgan fingerprint density at radius 1 is 0.923 bits per heavy atom. The summed E-state index contributed by atoms with van der Waals surface area (Å²) in [5.74, 6) is 0.748. The van der Waals surface area contributed by atoms with Crippen molar-refractivity contribution in [1.29, 1.82) is 0 Å². The molecule has 1 amide bonds. The van der Waals surface area contributed by atoms with Gasteiger partial charge in [-0.25, -0.2) is 0 Å². The molecule has 26 heavy (non-hydrogen) atoms. The summed E-state index contributed by atoms with van der Waals surface area (Å²) in [6.07, 6.45) is 0. The Morgan fingerprint density at radius 3 is 2.15 bits per heavy atom. The zero-order chi connectivity index (χ0) is 18.2. The second-order valence-corrected chi connectivity index (χ2v) is 6.85. The summed E-state index contributed by atoms with van der Waals surface area (Å²) in [6.45, 7) is 2.57. The van der Waals surface area contributed by atoms with Crippen molar-refractivity contribution in [2.24, 2.45) is 0 Å². The molecule has 132 valence electrons. The SMILES string of the molecule is CCOc1ccc(NC(=O)[C@H](Sc2ccccc2)c2ccccc2)cc1. The van der Waals surface area contributed by atoms with Crippen LogP contribution in [0.5, 0.6) is 5.75 Å². The van der Waals surface area contributed by atoms with Crippen molar-refractivity contribution in [1.82, 2.24) is 0 Å². The molecular formula is C22H21NO2S. The first kappa shape index (κ1) is 18.1. The molecule has 0 radical (unpaired) electrons. The van der Waals surface area contributed by atoms with Crippen LogP contribution in [0.4, 0.5) is 5.69 Å². The van der Waals surface area contributed by atoms with Crippen molar-refractivity contribution in [2.75, 3.05) is 11.9 Å². The lowest BCUT2D eigenvalue weighted by molar-refractivity contribution is -0.115. The normalized spacial score (nSPS) is 11.6. The van der Waals surface area contributed by atoms with E-state index in [2.05, 4.69) is 5.32 Å². The monoisotopic (exact) mass is 363 g/mol. The summed E-state index contributed by atoms with van der Waals surface area (Å²) in [5.41, 5.74) is 1.73. The number of carbonyl (C=O) groups excluding carboxylic acids is 1. The summed E-state index contributed by atoms with van der Waals surface area (Å²) in [4.78, 5) is 14.0. The van der Waals surface area contributed by atoms with E-state index in [0.29, 0.717) is 6.61 Å². The summed E-state index contributed by atoms with van der Waals surface area (Å²) >= 11 is 1.54. The summed E-state index contributed by atoms with van der Waals surface area (Å²) in [6, 6.07) is 27.3. The van der Waals surface area contributed by atoms with Gasteiger partial charge < -0.3 is 10.1 Å². The first-order valence-electron chi connectivity index (χ1n) is 8.56. The van der Waals surface area contributed by atoms with Gasteiger partial charge in [0.1, 0.15) is 11.0 Å². The molecule has 3 rings (SSSR count). The largest absolute Gasteiger partial charge is 0.494 e. The number of thioether (sulfide) groups is 1. The average molecular weight is 363 g/mol. The molecule has 1 atom stereocenters. The molecule has 1 N–H and O–H groups in total. The standard InChI is InChI=1S/C22H21NO2S/c1-2-25-19-15-13-18(14-16-19)23-22(24)21(17-9-5-3-6-10-17)26-20-11-7-4-8-12-20/h3-16,21H,2H2,1H3,(H,23,24)/t21-/m1/s1. The summed E-state index contributed by atoms with van der Waals surface area (Å²) in [7, 11) is 0. The van der Waals surface area contributed by atoms with Crippen LogP contribution in [0.25, 0.3) is 0 Å². The molecule has 0 fully saturated rings. The van der Waals surface area contributed by atoms with E-state index < -0.39 is 0 Å². The van der Waals surface area contributed by atoms with Crippen LogP contribution in [-0.2, 0) is 4.79 Å². The first-order valence-corrected chi connectivity index (χ1v) is 9.44. The van der Waals surface area contributed by atoms with Gasteiger partial charge in [-0.3, -0.25) is 4.79 Å². The highest BCUT2D eigenvalue weighted by Crippen LogP contribution is 2.36. The minimum absolute atomic E-state index is 0.0470. The maximum atomic E-state index is 13.0. The van der Waals surface area contributed by atoms with Crippen LogP contribution in [0.15, 0.2) is 89.8 Å². The van der Waals surface area contributed by atoms with Crippen LogP contribution in [0.3, 0.4) is 0 Å². The van der Waals surface area contributed by atoms with Crippen molar-refractivity contribution in [3.8, 4) is 5.75 Å². The molecule has 3 aromatic rings. The smallest absolute Gasteiger partial charge is 0.242 e. The molecule has 3 nitrogen and oxygen atoms in total. The molecule has 0 saturated carbocycles. The lowest BCUT2D eigenvalue weighted by Crippen LogP contribution is -2.19. The van der Waals surface area contributed by atoms with Crippen LogP contribution in [0, 0.1) is 0 Å². The number of hydrogen-bond donors (Lipinski definition) is 1. The fourth-order valence-electron chi connectivity index (χ4n) is 2.54. The zero-order valence-corrected chi connectivity index (χ0v) is 15.4. The molecule has 0 bridgehead atoms. The number of ether oxygens (including phenoxy) is 1. The number of benzene rings is 3. The topological polar surface area (TPSA) is 38.3 Å². The van der Waals surface area contributed by atoms with E-state index in [1.807, 2.05) is 91.9 Å². The molecule has 0 aliphatic heterocycles. The summed E-state index contributed by atoms with van der Waals surface area (Å²) in [5, 5.41) is 2.69. The number of rotatable bonds is 7. The van der Waals surface area contributed by atoms with E-state index in [0.717, 1.165) is 21.9 Å². The third-order valence-corrected chi connectivity index (χ3v) is 5.04. The van der Waals surface area contributed by atoms with Gasteiger partial charge in [0.05, 0.1) is 6.61 Å². The third-order valence-electron chi connectivity index (χ3n) is 3.77. The van der Waals surface area contributed by atoms with E-state index >= 15 is 0 Å². The average Bonchev–Trinajstić information content (AvgIpc) is 2.69. The van der Waals surface area contributed by atoms with Crippen molar-refractivity contribution >= 4 is 23.4 Å². The van der Waals surface area contributed by atoms with Crippen LogP contribution in [-0.4, -0.2) is 12.5 Å². The molecule has 0 aliphatic rings. The van der Waals surface area contributed by atoms with Gasteiger partial charge in [-0.05, 0) is 48.9 Å². The maximum absolute atomic E-state index is 13.0. The Bertz CT molecular complexity index is 820. The van der Waals surface area contributed by atoms with E-state index in [1.165, 1.54) is 0 Å². The molecule has 0 aromatic heterocycles. The molecule has 0 heterocycles. The summed E-state index contributed by atoms with van der Waals surface area (Å²) < 4.78 is 5.44. The fraction of sp³-hybridized carbons (Fsp3) is 0.136. The van der Waals surface area contributed by atoms with Crippen molar-refractivity contribution in [2.45, 2.75) is 17.1 Å². The van der Waals surface area contributed by atoms with Gasteiger partial charge in [0.25, 0.3) is 0 Å². The number of anilines is 1. The Labute approximate surface area is 158 Å². The van der Waals surface area contributed by atoms with Gasteiger partial charge in [-0.15, -0.1) is 11.8 Å². The maximum Gasteiger partial charge on any atom is 0.242 e. The predicted octanol–water partition coefficient (Wildman–Crippen LogP) is 5.56. The van der Waals surface area contributed by atoms with Gasteiger partial charge in [0.15, 0.2) is 0 Å². The second kappa shape index (κ2) is 9.11.